The van der Waals surface area contributed by atoms with Gasteiger partial charge in [0.15, 0.2) is 0 Å². The third kappa shape index (κ3) is 3.04. The van der Waals surface area contributed by atoms with Crippen molar-refractivity contribution < 1.29 is 13.2 Å². The Balaban J connectivity index is 2.21. The van der Waals surface area contributed by atoms with Crippen LogP contribution in [-0.2, 0) is 6.18 Å². The number of hydrogen-bond acceptors (Lipinski definition) is 1. The quantitative estimate of drug-likeness (QED) is 0.808. The van der Waals surface area contributed by atoms with Crippen molar-refractivity contribution in [2.75, 3.05) is 11.9 Å². The molecule has 19 heavy (non-hydrogen) atoms. The van der Waals surface area contributed by atoms with Gasteiger partial charge in [0.05, 0.1) is 5.56 Å². The summed E-state index contributed by atoms with van der Waals surface area (Å²) in [4.78, 5) is 0. The number of benzene rings is 1. The summed E-state index contributed by atoms with van der Waals surface area (Å²) in [5, 5.41) is 2.95. The van der Waals surface area contributed by atoms with Crippen LogP contribution in [0, 0.1) is 5.92 Å². The molecule has 4 heteroatoms. The second kappa shape index (κ2) is 5.43. The van der Waals surface area contributed by atoms with Gasteiger partial charge in [-0.1, -0.05) is 38.8 Å². The van der Waals surface area contributed by atoms with E-state index in [1.807, 2.05) is 6.07 Å². The summed E-state index contributed by atoms with van der Waals surface area (Å²) in [5.41, 5.74) is 0.595. The van der Waals surface area contributed by atoms with Crippen LogP contribution in [0.2, 0.25) is 0 Å². The van der Waals surface area contributed by atoms with E-state index < -0.39 is 11.7 Å². The standard InChI is InChI=1S/C15H20F3N/c1-3-5-10(2)8-11-9-19-14-12(11)6-4-7-13(14)15(16,17)18/h4,6-7,10-11,19H,3,5,8-9H2,1-2H3. The molecule has 0 aliphatic carbocycles. The zero-order valence-electron chi connectivity index (χ0n) is 11.3. The minimum Gasteiger partial charge on any atom is -0.384 e. The molecule has 2 rings (SSSR count). The second-order valence-electron chi connectivity index (χ2n) is 5.47. The highest BCUT2D eigenvalue weighted by Gasteiger charge is 2.37. The lowest BCUT2D eigenvalue weighted by Gasteiger charge is -2.16. The van der Waals surface area contributed by atoms with E-state index in [0.29, 0.717) is 18.2 Å². The lowest BCUT2D eigenvalue weighted by molar-refractivity contribution is -0.136. The van der Waals surface area contributed by atoms with Gasteiger partial charge in [0, 0.05) is 18.2 Å². The molecule has 0 bridgehead atoms. The topological polar surface area (TPSA) is 12.0 Å². The number of fused-ring (bicyclic) bond motifs is 1. The molecule has 0 saturated carbocycles. The highest BCUT2D eigenvalue weighted by molar-refractivity contribution is 5.64. The van der Waals surface area contributed by atoms with Gasteiger partial charge in [0.25, 0.3) is 0 Å². The molecule has 0 amide bonds. The monoisotopic (exact) mass is 271 g/mol. The average molecular weight is 271 g/mol. The van der Waals surface area contributed by atoms with E-state index >= 15 is 0 Å². The van der Waals surface area contributed by atoms with Crippen molar-refractivity contribution in [3.05, 3.63) is 29.3 Å². The number of anilines is 1. The summed E-state index contributed by atoms with van der Waals surface area (Å²) in [7, 11) is 0. The average Bonchev–Trinajstić information content (AvgIpc) is 2.71. The van der Waals surface area contributed by atoms with Crippen LogP contribution in [0.5, 0.6) is 0 Å². The third-order valence-electron chi connectivity index (χ3n) is 3.84. The molecule has 0 radical (unpaired) electrons. The molecule has 1 heterocycles. The lowest BCUT2D eigenvalue weighted by Crippen LogP contribution is -2.08. The summed E-state index contributed by atoms with van der Waals surface area (Å²) < 4.78 is 38.7. The van der Waals surface area contributed by atoms with Crippen LogP contribution in [0.15, 0.2) is 18.2 Å². The van der Waals surface area contributed by atoms with E-state index in [-0.39, 0.29) is 5.92 Å². The Morgan fingerprint density at radius 3 is 2.74 bits per heavy atom. The van der Waals surface area contributed by atoms with E-state index in [2.05, 4.69) is 19.2 Å². The van der Waals surface area contributed by atoms with Gasteiger partial charge in [-0.3, -0.25) is 0 Å². The fourth-order valence-electron chi connectivity index (χ4n) is 2.99. The van der Waals surface area contributed by atoms with Crippen LogP contribution in [0.3, 0.4) is 0 Å². The van der Waals surface area contributed by atoms with Gasteiger partial charge in [-0.2, -0.15) is 13.2 Å². The first kappa shape index (κ1) is 14.2. The van der Waals surface area contributed by atoms with Crippen molar-refractivity contribution in [2.24, 2.45) is 5.92 Å². The van der Waals surface area contributed by atoms with Crippen LogP contribution < -0.4 is 5.32 Å². The van der Waals surface area contributed by atoms with Gasteiger partial charge in [0.2, 0.25) is 0 Å². The molecule has 0 spiro atoms. The first-order valence-electron chi connectivity index (χ1n) is 6.87. The summed E-state index contributed by atoms with van der Waals surface area (Å²) in [6, 6.07) is 4.50. The van der Waals surface area contributed by atoms with Crippen LogP contribution in [0.1, 0.15) is 50.2 Å². The molecular formula is C15H20F3N. The minimum absolute atomic E-state index is 0.207. The molecule has 0 fully saturated rings. The maximum absolute atomic E-state index is 12.9. The summed E-state index contributed by atoms with van der Waals surface area (Å²) in [6.45, 7) is 4.94. The Morgan fingerprint density at radius 2 is 2.11 bits per heavy atom. The van der Waals surface area contributed by atoms with Gasteiger partial charge in [0.1, 0.15) is 0 Å². The highest BCUT2D eigenvalue weighted by Crippen LogP contribution is 2.43. The molecule has 1 aliphatic rings. The van der Waals surface area contributed by atoms with Crippen molar-refractivity contribution in [3.63, 3.8) is 0 Å². The molecule has 0 aromatic heterocycles. The van der Waals surface area contributed by atoms with Crippen LogP contribution in [-0.4, -0.2) is 6.54 Å². The van der Waals surface area contributed by atoms with Gasteiger partial charge in [-0.05, 0) is 24.0 Å². The molecule has 2 unspecified atom stereocenters. The Bertz CT molecular complexity index is 440. The number of hydrogen-bond donors (Lipinski definition) is 1. The smallest absolute Gasteiger partial charge is 0.384 e. The van der Waals surface area contributed by atoms with Crippen LogP contribution in [0.4, 0.5) is 18.9 Å². The molecule has 1 aromatic carbocycles. The first-order chi connectivity index (χ1) is 8.93. The molecule has 1 aromatic rings. The largest absolute Gasteiger partial charge is 0.418 e. The van der Waals surface area contributed by atoms with Crippen LogP contribution >= 0.6 is 0 Å². The first-order valence-corrected chi connectivity index (χ1v) is 6.87. The number of rotatable bonds is 4. The maximum Gasteiger partial charge on any atom is 0.418 e. The van der Waals surface area contributed by atoms with Crippen molar-refractivity contribution in [3.8, 4) is 0 Å². The molecule has 2 atom stereocenters. The summed E-state index contributed by atoms with van der Waals surface area (Å²) in [5.74, 6) is 0.760. The third-order valence-corrected chi connectivity index (χ3v) is 3.84. The van der Waals surface area contributed by atoms with E-state index in [1.165, 1.54) is 6.07 Å². The van der Waals surface area contributed by atoms with E-state index in [9.17, 15) is 13.2 Å². The maximum atomic E-state index is 12.9. The molecule has 1 nitrogen and oxygen atoms in total. The molecule has 1 aliphatic heterocycles. The predicted octanol–water partition coefficient (Wildman–Crippen LogP) is 5.04. The van der Waals surface area contributed by atoms with Gasteiger partial charge in [-0.15, -0.1) is 0 Å². The van der Waals surface area contributed by atoms with Gasteiger partial charge < -0.3 is 5.32 Å². The Kier molecular flexibility index (Phi) is 4.07. The second-order valence-corrected chi connectivity index (χ2v) is 5.47. The van der Waals surface area contributed by atoms with Gasteiger partial charge >= 0.3 is 6.18 Å². The summed E-state index contributed by atoms with van der Waals surface area (Å²) >= 11 is 0. The summed E-state index contributed by atoms with van der Waals surface area (Å²) in [6.07, 6.45) is -1.07. The van der Waals surface area contributed by atoms with Crippen molar-refractivity contribution in [2.45, 2.75) is 45.2 Å². The van der Waals surface area contributed by atoms with Crippen molar-refractivity contribution in [1.82, 2.24) is 0 Å². The number of halogens is 3. The Labute approximate surface area is 112 Å². The molecule has 0 saturated heterocycles. The fraction of sp³-hybridized carbons (Fsp3) is 0.600. The predicted molar refractivity (Wildman–Crippen MR) is 71.4 cm³/mol. The number of para-hydroxylation sites is 1. The Hall–Kier alpha value is -1.19. The van der Waals surface area contributed by atoms with Gasteiger partial charge in [-0.25, -0.2) is 0 Å². The van der Waals surface area contributed by atoms with E-state index in [1.54, 1.807) is 0 Å². The fourth-order valence-corrected chi connectivity index (χ4v) is 2.99. The highest BCUT2D eigenvalue weighted by atomic mass is 19.4. The molecular weight excluding hydrogens is 251 g/mol. The molecule has 1 N–H and O–H groups in total. The Morgan fingerprint density at radius 1 is 1.37 bits per heavy atom. The minimum atomic E-state index is -4.28. The van der Waals surface area contributed by atoms with Crippen molar-refractivity contribution >= 4 is 5.69 Å². The van der Waals surface area contributed by atoms with E-state index in [0.717, 1.165) is 30.9 Å². The van der Waals surface area contributed by atoms with E-state index in [4.69, 9.17) is 0 Å². The zero-order chi connectivity index (χ0) is 14.0. The van der Waals surface area contributed by atoms with Crippen LogP contribution in [0.25, 0.3) is 0 Å². The van der Waals surface area contributed by atoms with Crippen molar-refractivity contribution in [1.29, 1.82) is 0 Å². The zero-order valence-corrected chi connectivity index (χ0v) is 11.3. The SMILES string of the molecule is CCCC(C)CC1CNc2c1cccc2C(F)(F)F. The number of nitrogens with one attached hydrogen (secondary N) is 1. The molecule has 106 valence electrons. The number of alkyl halides is 3. The normalized spacial score (nSPS) is 19.9. The lowest BCUT2D eigenvalue weighted by atomic mass is 9.88.